The van der Waals surface area contributed by atoms with E-state index in [1.54, 1.807) is 11.3 Å². The summed E-state index contributed by atoms with van der Waals surface area (Å²) in [6.45, 7) is 0.841. The highest BCUT2D eigenvalue weighted by Crippen LogP contribution is 2.25. The van der Waals surface area contributed by atoms with E-state index in [0.29, 0.717) is 6.04 Å². The molecule has 2 nitrogen and oxygen atoms in total. The number of hydrogen-bond acceptors (Lipinski definition) is 3. The summed E-state index contributed by atoms with van der Waals surface area (Å²) >= 11 is 8.12. The molecule has 2 unspecified atom stereocenters. The number of aromatic nitrogens is 1. The van der Waals surface area contributed by atoms with Crippen molar-refractivity contribution < 1.29 is 0 Å². The van der Waals surface area contributed by atoms with Gasteiger partial charge in [0, 0.05) is 18.0 Å². The summed E-state index contributed by atoms with van der Waals surface area (Å²) < 4.78 is 1.26. The topological polar surface area (TPSA) is 24.9 Å². The quantitative estimate of drug-likeness (QED) is 0.862. The monoisotopic (exact) mass is 280 g/mol. The van der Waals surface area contributed by atoms with Gasteiger partial charge in [-0.2, -0.15) is 0 Å². The van der Waals surface area contributed by atoms with Crippen molar-refractivity contribution in [2.24, 2.45) is 0 Å². The molecule has 3 rings (SSSR count). The normalized spacial score (nSPS) is 24.5. The molecular weight excluding hydrogens is 264 g/mol. The molecular formula is C14H17ClN2S. The first-order valence-corrected chi connectivity index (χ1v) is 7.80. The number of nitrogens with zero attached hydrogens (tertiary/aromatic N) is 1. The van der Waals surface area contributed by atoms with Gasteiger partial charge in [0.1, 0.15) is 5.01 Å². The van der Waals surface area contributed by atoms with E-state index in [9.17, 15) is 0 Å². The average Bonchev–Trinajstić information content (AvgIpc) is 2.80. The van der Waals surface area contributed by atoms with E-state index in [2.05, 4.69) is 28.5 Å². The Morgan fingerprint density at radius 3 is 2.94 bits per heavy atom. The van der Waals surface area contributed by atoms with Gasteiger partial charge >= 0.3 is 0 Å². The van der Waals surface area contributed by atoms with Gasteiger partial charge in [0.25, 0.3) is 0 Å². The predicted molar refractivity (Wildman–Crippen MR) is 78.4 cm³/mol. The fraction of sp³-hybridized carbons (Fsp3) is 0.500. The highest BCUT2D eigenvalue weighted by molar-refractivity contribution is 7.18. The number of halogens is 1. The number of para-hydroxylation sites is 1. The zero-order valence-corrected chi connectivity index (χ0v) is 11.8. The van der Waals surface area contributed by atoms with Crippen LogP contribution in [0.4, 0.5) is 0 Å². The van der Waals surface area contributed by atoms with Gasteiger partial charge in [-0.15, -0.1) is 22.9 Å². The van der Waals surface area contributed by atoms with Crippen LogP contribution in [0.2, 0.25) is 0 Å². The maximum atomic E-state index is 6.35. The molecule has 96 valence electrons. The highest BCUT2D eigenvalue weighted by atomic mass is 35.5. The van der Waals surface area contributed by atoms with Crippen molar-refractivity contribution in [3.63, 3.8) is 0 Å². The van der Waals surface area contributed by atoms with Crippen molar-refractivity contribution in [2.75, 3.05) is 0 Å². The lowest BCUT2D eigenvalue weighted by atomic mass is 9.95. The highest BCUT2D eigenvalue weighted by Gasteiger charge is 2.22. The first-order chi connectivity index (χ1) is 8.83. The summed E-state index contributed by atoms with van der Waals surface area (Å²) in [4.78, 5) is 4.64. The molecule has 1 aromatic carbocycles. The van der Waals surface area contributed by atoms with Crippen molar-refractivity contribution in [3.05, 3.63) is 29.3 Å². The molecule has 1 aliphatic rings. The minimum absolute atomic E-state index is 0.285. The maximum absolute atomic E-state index is 6.35. The van der Waals surface area contributed by atoms with Crippen LogP contribution >= 0.6 is 22.9 Å². The Labute approximate surface area is 116 Å². The van der Waals surface area contributed by atoms with Crippen molar-refractivity contribution in [2.45, 2.75) is 43.6 Å². The molecule has 0 radical (unpaired) electrons. The van der Waals surface area contributed by atoms with Gasteiger partial charge in [0.15, 0.2) is 0 Å². The molecule has 1 heterocycles. The number of thiazole rings is 1. The molecule has 0 saturated heterocycles. The fourth-order valence-corrected chi connectivity index (χ4v) is 3.82. The zero-order chi connectivity index (χ0) is 12.4. The van der Waals surface area contributed by atoms with Crippen LogP contribution in [0.1, 0.15) is 30.7 Å². The van der Waals surface area contributed by atoms with Crippen LogP contribution < -0.4 is 5.32 Å². The molecule has 0 aliphatic heterocycles. The summed E-state index contributed by atoms with van der Waals surface area (Å²) in [6, 6.07) is 8.75. The molecule has 1 N–H and O–H groups in total. The summed E-state index contributed by atoms with van der Waals surface area (Å²) in [5.74, 6) is 0. The molecule has 18 heavy (non-hydrogen) atoms. The van der Waals surface area contributed by atoms with E-state index in [4.69, 9.17) is 11.6 Å². The SMILES string of the molecule is ClC1CCCCC1NCc1nc2ccccc2s1. The summed E-state index contributed by atoms with van der Waals surface area (Å²) in [6.07, 6.45) is 4.90. The summed E-state index contributed by atoms with van der Waals surface area (Å²) in [5, 5.41) is 5.01. The molecule has 0 amide bonds. The summed E-state index contributed by atoms with van der Waals surface area (Å²) in [5.41, 5.74) is 1.10. The Balaban J connectivity index is 1.65. The largest absolute Gasteiger partial charge is 0.306 e. The van der Waals surface area contributed by atoms with Crippen molar-refractivity contribution in [3.8, 4) is 0 Å². The van der Waals surface area contributed by atoms with Gasteiger partial charge in [-0.25, -0.2) is 4.98 Å². The molecule has 1 aliphatic carbocycles. The molecule has 0 spiro atoms. The number of rotatable bonds is 3. The minimum Gasteiger partial charge on any atom is -0.306 e. The minimum atomic E-state index is 0.285. The number of alkyl halides is 1. The molecule has 0 bridgehead atoms. The Morgan fingerprint density at radius 2 is 2.11 bits per heavy atom. The average molecular weight is 281 g/mol. The van der Waals surface area contributed by atoms with Crippen molar-refractivity contribution >= 4 is 33.2 Å². The smallest absolute Gasteiger partial charge is 0.108 e. The third-order valence-electron chi connectivity index (χ3n) is 3.54. The third-order valence-corrected chi connectivity index (χ3v) is 5.09. The van der Waals surface area contributed by atoms with Crippen LogP contribution in [-0.2, 0) is 6.54 Å². The second-order valence-electron chi connectivity index (χ2n) is 4.86. The van der Waals surface area contributed by atoms with Crippen LogP contribution in [0, 0.1) is 0 Å². The van der Waals surface area contributed by atoms with Gasteiger partial charge in [0.2, 0.25) is 0 Å². The van der Waals surface area contributed by atoms with Crippen LogP contribution in [0.5, 0.6) is 0 Å². The van der Waals surface area contributed by atoms with Gasteiger partial charge in [-0.1, -0.05) is 25.0 Å². The van der Waals surface area contributed by atoms with Gasteiger partial charge < -0.3 is 5.32 Å². The van der Waals surface area contributed by atoms with Crippen LogP contribution in [0.15, 0.2) is 24.3 Å². The lowest BCUT2D eigenvalue weighted by Crippen LogP contribution is -2.38. The summed E-state index contributed by atoms with van der Waals surface area (Å²) in [7, 11) is 0. The van der Waals surface area contributed by atoms with Crippen LogP contribution in [0.25, 0.3) is 10.2 Å². The molecule has 1 saturated carbocycles. The second kappa shape index (κ2) is 5.55. The Hall–Kier alpha value is -0.640. The Morgan fingerprint density at radius 1 is 1.28 bits per heavy atom. The molecule has 2 aromatic rings. The standard InChI is InChI=1S/C14H17ClN2S/c15-10-5-1-2-6-11(10)16-9-14-17-12-7-3-4-8-13(12)18-14/h3-4,7-8,10-11,16H,1-2,5-6,9H2. The van der Waals surface area contributed by atoms with Crippen LogP contribution in [-0.4, -0.2) is 16.4 Å². The van der Waals surface area contributed by atoms with Crippen LogP contribution in [0.3, 0.4) is 0 Å². The third kappa shape index (κ3) is 2.68. The van der Waals surface area contributed by atoms with E-state index in [1.807, 2.05) is 6.07 Å². The van der Waals surface area contributed by atoms with Gasteiger partial charge in [-0.05, 0) is 25.0 Å². The molecule has 2 atom stereocenters. The van der Waals surface area contributed by atoms with Crippen molar-refractivity contribution in [1.82, 2.24) is 10.3 Å². The van der Waals surface area contributed by atoms with E-state index in [-0.39, 0.29) is 5.38 Å². The zero-order valence-electron chi connectivity index (χ0n) is 10.2. The predicted octanol–water partition coefficient (Wildman–Crippen LogP) is 3.94. The lowest BCUT2D eigenvalue weighted by molar-refractivity contribution is 0.378. The number of hydrogen-bond donors (Lipinski definition) is 1. The lowest BCUT2D eigenvalue weighted by Gasteiger charge is -2.27. The fourth-order valence-electron chi connectivity index (χ4n) is 2.53. The van der Waals surface area contributed by atoms with Gasteiger partial charge in [-0.3, -0.25) is 0 Å². The Bertz CT molecular complexity index is 492. The van der Waals surface area contributed by atoms with Gasteiger partial charge in [0.05, 0.1) is 10.2 Å². The first kappa shape index (κ1) is 12.4. The van der Waals surface area contributed by atoms with Crippen molar-refractivity contribution in [1.29, 1.82) is 0 Å². The number of nitrogens with one attached hydrogen (secondary N) is 1. The maximum Gasteiger partial charge on any atom is 0.108 e. The number of fused-ring (bicyclic) bond motifs is 1. The molecule has 1 fully saturated rings. The first-order valence-electron chi connectivity index (χ1n) is 6.55. The molecule has 4 heteroatoms. The second-order valence-corrected chi connectivity index (χ2v) is 6.54. The van der Waals surface area contributed by atoms with E-state index >= 15 is 0 Å². The van der Waals surface area contributed by atoms with E-state index < -0.39 is 0 Å². The van der Waals surface area contributed by atoms with E-state index in [1.165, 1.54) is 24.0 Å². The molecule has 1 aromatic heterocycles. The Kier molecular flexibility index (Phi) is 3.83. The van der Waals surface area contributed by atoms with E-state index in [0.717, 1.165) is 23.5 Å². The number of benzene rings is 1.